The zero-order chi connectivity index (χ0) is 10.1. The Labute approximate surface area is 90.7 Å². The number of nitrogen functional groups attached to an aromatic ring is 1. The quantitative estimate of drug-likeness (QED) is 0.624. The topological polar surface area (TPSA) is 51.8 Å². The zero-order valence-corrected chi connectivity index (χ0v) is 10.2. The standard InChI is InChI=1S/C8H12BrN3S/c1-8(2,3)13-6-5(9)4-11-7(10)12-6/h4H,1-3H3,(H2,10,11,12). The van der Waals surface area contributed by atoms with E-state index in [0.29, 0.717) is 5.95 Å². The number of hydrogen-bond acceptors (Lipinski definition) is 4. The van der Waals surface area contributed by atoms with Crippen LogP contribution in [-0.4, -0.2) is 14.7 Å². The van der Waals surface area contributed by atoms with Crippen LogP contribution in [0.25, 0.3) is 0 Å². The van der Waals surface area contributed by atoms with Gasteiger partial charge in [0.05, 0.1) is 4.47 Å². The van der Waals surface area contributed by atoms with E-state index in [4.69, 9.17) is 5.73 Å². The number of thioether (sulfide) groups is 1. The lowest BCUT2D eigenvalue weighted by atomic mass is 10.3. The van der Waals surface area contributed by atoms with Crippen molar-refractivity contribution in [1.82, 2.24) is 9.97 Å². The predicted octanol–water partition coefficient (Wildman–Crippen LogP) is 2.71. The number of hydrogen-bond donors (Lipinski definition) is 1. The number of halogens is 1. The number of rotatable bonds is 1. The van der Waals surface area contributed by atoms with Gasteiger partial charge in [0.15, 0.2) is 0 Å². The molecule has 5 heteroatoms. The average molecular weight is 262 g/mol. The lowest BCUT2D eigenvalue weighted by Gasteiger charge is -2.17. The highest BCUT2D eigenvalue weighted by Crippen LogP contribution is 2.34. The highest BCUT2D eigenvalue weighted by Gasteiger charge is 2.15. The first-order valence-corrected chi connectivity index (χ1v) is 5.46. The van der Waals surface area contributed by atoms with E-state index in [1.54, 1.807) is 18.0 Å². The third-order valence-corrected chi connectivity index (χ3v) is 3.09. The third kappa shape index (κ3) is 3.52. The molecule has 0 saturated carbocycles. The van der Waals surface area contributed by atoms with Gasteiger partial charge in [-0.3, -0.25) is 0 Å². The maximum absolute atomic E-state index is 5.49. The Morgan fingerprint density at radius 1 is 1.46 bits per heavy atom. The summed E-state index contributed by atoms with van der Waals surface area (Å²) >= 11 is 5.05. The molecule has 72 valence electrons. The van der Waals surface area contributed by atoms with E-state index in [9.17, 15) is 0 Å². The van der Waals surface area contributed by atoms with Gasteiger partial charge >= 0.3 is 0 Å². The van der Waals surface area contributed by atoms with Crippen LogP contribution in [0.15, 0.2) is 15.7 Å². The van der Waals surface area contributed by atoms with Gasteiger partial charge in [-0.25, -0.2) is 9.97 Å². The molecule has 3 nitrogen and oxygen atoms in total. The van der Waals surface area contributed by atoms with Gasteiger partial charge in [0, 0.05) is 10.9 Å². The Morgan fingerprint density at radius 2 is 2.08 bits per heavy atom. The smallest absolute Gasteiger partial charge is 0.221 e. The van der Waals surface area contributed by atoms with Gasteiger partial charge in [-0.2, -0.15) is 0 Å². The molecule has 0 unspecified atom stereocenters. The fourth-order valence-corrected chi connectivity index (χ4v) is 2.03. The van der Waals surface area contributed by atoms with Crippen LogP contribution < -0.4 is 5.73 Å². The van der Waals surface area contributed by atoms with Crippen LogP contribution in [0.5, 0.6) is 0 Å². The van der Waals surface area contributed by atoms with Crippen LogP contribution >= 0.6 is 27.7 Å². The van der Waals surface area contributed by atoms with Crippen LogP contribution in [0, 0.1) is 0 Å². The maximum Gasteiger partial charge on any atom is 0.221 e. The Balaban J connectivity index is 2.94. The predicted molar refractivity (Wildman–Crippen MR) is 59.8 cm³/mol. The highest BCUT2D eigenvalue weighted by molar-refractivity contribution is 9.10. The summed E-state index contributed by atoms with van der Waals surface area (Å²) in [5.41, 5.74) is 5.49. The van der Waals surface area contributed by atoms with Crippen LogP contribution in [-0.2, 0) is 0 Å². The molecule has 2 N–H and O–H groups in total. The second kappa shape index (κ2) is 3.84. The van der Waals surface area contributed by atoms with Crippen LogP contribution in [0.4, 0.5) is 5.95 Å². The maximum atomic E-state index is 5.49. The van der Waals surface area contributed by atoms with Gasteiger partial charge in [-0.05, 0) is 15.9 Å². The normalized spacial score (nSPS) is 11.7. The zero-order valence-electron chi connectivity index (χ0n) is 7.84. The number of nitrogens with two attached hydrogens (primary N) is 1. The van der Waals surface area contributed by atoms with E-state index in [2.05, 4.69) is 46.7 Å². The Hall–Kier alpha value is -0.290. The monoisotopic (exact) mass is 261 g/mol. The van der Waals surface area contributed by atoms with E-state index >= 15 is 0 Å². The molecule has 13 heavy (non-hydrogen) atoms. The summed E-state index contributed by atoms with van der Waals surface area (Å²) in [6.07, 6.45) is 1.68. The molecule has 0 fully saturated rings. The van der Waals surface area contributed by atoms with Crippen molar-refractivity contribution in [2.45, 2.75) is 30.5 Å². The van der Waals surface area contributed by atoms with Crippen molar-refractivity contribution in [3.05, 3.63) is 10.7 Å². The summed E-state index contributed by atoms with van der Waals surface area (Å²) in [6, 6.07) is 0. The van der Waals surface area contributed by atoms with Crippen molar-refractivity contribution in [3.63, 3.8) is 0 Å². The Bertz CT molecular complexity index is 309. The van der Waals surface area contributed by atoms with Gasteiger partial charge in [0.1, 0.15) is 5.03 Å². The molecule has 1 heterocycles. The molecule has 1 aromatic rings. The third-order valence-electron chi connectivity index (χ3n) is 1.13. The van der Waals surface area contributed by atoms with Crippen molar-refractivity contribution >= 4 is 33.6 Å². The summed E-state index contributed by atoms with van der Waals surface area (Å²) in [4.78, 5) is 8.02. The van der Waals surface area contributed by atoms with E-state index in [1.807, 2.05) is 0 Å². The second-order valence-corrected chi connectivity index (χ2v) is 6.27. The number of anilines is 1. The molecular formula is C8H12BrN3S. The van der Waals surface area contributed by atoms with E-state index < -0.39 is 0 Å². The molecule has 0 aliphatic rings. The largest absolute Gasteiger partial charge is 0.368 e. The number of nitrogens with zero attached hydrogens (tertiary/aromatic N) is 2. The van der Waals surface area contributed by atoms with Gasteiger partial charge in [-0.15, -0.1) is 0 Å². The van der Waals surface area contributed by atoms with Crippen LogP contribution in [0.2, 0.25) is 0 Å². The SMILES string of the molecule is CC(C)(C)Sc1nc(N)ncc1Br. The fraction of sp³-hybridized carbons (Fsp3) is 0.500. The van der Waals surface area contributed by atoms with Gasteiger partial charge in [0.2, 0.25) is 5.95 Å². The molecule has 0 aliphatic heterocycles. The lowest BCUT2D eigenvalue weighted by molar-refractivity contribution is 0.798. The summed E-state index contributed by atoms with van der Waals surface area (Å²) < 4.78 is 1.02. The average Bonchev–Trinajstić information content (AvgIpc) is 1.94. The van der Waals surface area contributed by atoms with Crippen LogP contribution in [0.1, 0.15) is 20.8 Å². The summed E-state index contributed by atoms with van der Waals surface area (Å²) in [5, 5.41) is 0.889. The van der Waals surface area contributed by atoms with Gasteiger partial charge in [0.25, 0.3) is 0 Å². The van der Waals surface area contributed by atoms with Gasteiger partial charge in [-0.1, -0.05) is 32.5 Å². The van der Waals surface area contributed by atoms with Crippen molar-refractivity contribution in [2.75, 3.05) is 5.73 Å². The van der Waals surface area contributed by atoms with Crippen molar-refractivity contribution in [1.29, 1.82) is 0 Å². The minimum absolute atomic E-state index is 0.128. The summed E-state index contributed by atoms with van der Waals surface area (Å²) in [6.45, 7) is 6.38. The fourth-order valence-electron chi connectivity index (χ4n) is 0.726. The molecule has 0 aliphatic carbocycles. The molecule has 0 bridgehead atoms. The molecule has 1 aromatic heterocycles. The molecule has 0 saturated heterocycles. The van der Waals surface area contributed by atoms with Crippen molar-refractivity contribution in [2.24, 2.45) is 0 Å². The Morgan fingerprint density at radius 3 is 2.62 bits per heavy atom. The highest BCUT2D eigenvalue weighted by atomic mass is 79.9. The molecule has 0 radical (unpaired) electrons. The minimum atomic E-state index is 0.128. The first kappa shape index (κ1) is 10.8. The molecule has 0 aromatic carbocycles. The van der Waals surface area contributed by atoms with Crippen LogP contribution in [0.3, 0.4) is 0 Å². The molecular weight excluding hydrogens is 250 g/mol. The van der Waals surface area contributed by atoms with Crippen molar-refractivity contribution < 1.29 is 0 Å². The second-order valence-electron chi connectivity index (χ2n) is 3.60. The Kier molecular flexibility index (Phi) is 3.18. The molecule has 0 amide bonds. The summed E-state index contributed by atoms with van der Waals surface area (Å²) in [7, 11) is 0. The van der Waals surface area contributed by atoms with Crippen molar-refractivity contribution in [3.8, 4) is 0 Å². The first-order chi connectivity index (χ1) is 5.88. The van der Waals surface area contributed by atoms with Gasteiger partial charge < -0.3 is 5.73 Å². The number of aromatic nitrogens is 2. The molecule has 0 spiro atoms. The molecule has 0 atom stereocenters. The minimum Gasteiger partial charge on any atom is -0.368 e. The van der Waals surface area contributed by atoms with E-state index in [0.717, 1.165) is 9.50 Å². The first-order valence-electron chi connectivity index (χ1n) is 3.85. The summed E-state index contributed by atoms with van der Waals surface area (Å²) in [5.74, 6) is 0.315. The lowest BCUT2D eigenvalue weighted by Crippen LogP contribution is -2.08. The van der Waals surface area contributed by atoms with E-state index in [1.165, 1.54) is 0 Å². The molecule has 1 rings (SSSR count). The van der Waals surface area contributed by atoms with E-state index in [-0.39, 0.29) is 4.75 Å².